The fourth-order valence-corrected chi connectivity index (χ4v) is 2.16. The third-order valence-corrected chi connectivity index (χ3v) is 3.17. The van der Waals surface area contributed by atoms with Gasteiger partial charge < -0.3 is 0 Å². The van der Waals surface area contributed by atoms with Crippen molar-refractivity contribution in [1.82, 2.24) is 4.98 Å². The molecule has 104 valence electrons. The first kappa shape index (κ1) is 13.3. The van der Waals surface area contributed by atoms with Gasteiger partial charge in [-0.15, -0.1) is 0 Å². The van der Waals surface area contributed by atoms with Gasteiger partial charge in [0.25, 0.3) is 0 Å². The first-order valence-electron chi connectivity index (χ1n) is 6.10. The summed E-state index contributed by atoms with van der Waals surface area (Å²) in [5, 5.41) is 1.34. The summed E-state index contributed by atoms with van der Waals surface area (Å²) in [7, 11) is 0. The third kappa shape index (κ3) is 2.27. The smallest absolute Gasteiger partial charge is 0.194 e. The molecule has 0 atom stereocenters. The second-order valence-electron chi connectivity index (χ2n) is 4.49. The molecule has 3 aromatic rings. The Bertz CT molecular complexity index is 833. The maximum Gasteiger partial charge on any atom is 0.194 e. The van der Waals surface area contributed by atoms with Crippen LogP contribution in [-0.4, -0.2) is 10.8 Å². The second-order valence-corrected chi connectivity index (χ2v) is 4.49. The monoisotopic (exact) mass is 287 g/mol. The van der Waals surface area contributed by atoms with Gasteiger partial charge in [0, 0.05) is 28.9 Å². The van der Waals surface area contributed by atoms with E-state index < -0.39 is 23.2 Å². The van der Waals surface area contributed by atoms with E-state index in [2.05, 4.69) is 4.98 Å². The molecule has 1 heterocycles. The SMILES string of the molecule is O=C(c1cc(F)c(F)c(F)c1)c1cccc2cnccc12. The molecule has 0 amide bonds. The number of fused-ring (bicyclic) bond motifs is 1. The lowest BCUT2D eigenvalue weighted by atomic mass is 9.98. The molecule has 0 fully saturated rings. The zero-order valence-electron chi connectivity index (χ0n) is 10.6. The van der Waals surface area contributed by atoms with Crippen LogP contribution in [-0.2, 0) is 0 Å². The molecule has 5 heteroatoms. The molecule has 2 nitrogen and oxygen atoms in total. The van der Waals surface area contributed by atoms with Crippen LogP contribution in [0.3, 0.4) is 0 Å². The summed E-state index contributed by atoms with van der Waals surface area (Å²) >= 11 is 0. The van der Waals surface area contributed by atoms with E-state index in [1.165, 1.54) is 6.20 Å². The molecule has 1 aromatic heterocycles. The van der Waals surface area contributed by atoms with Gasteiger partial charge in [0.1, 0.15) is 0 Å². The van der Waals surface area contributed by atoms with E-state index in [1.54, 1.807) is 30.5 Å². The molecule has 21 heavy (non-hydrogen) atoms. The van der Waals surface area contributed by atoms with E-state index in [4.69, 9.17) is 0 Å². The fourth-order valence-electron chi connectivity index (χ4n) is 2.16. The van der Waals surface area contributed by atoms with Crippen molar-refractivity contribution in [2.75, 3.05) is 0 Å². The number of halogens is 3. The van der Waals surface area contributed by atoms with Gasteiger partial charge in [0.15, 0.2) is 23.2 Å². The Morgan fingerprint density at radius 2 is 1.71 bits per heavy atom. The van der Waals surface area contributed by atoms with E-state index in [9.17, 15) is 18.0 Å². The summed E-state index contributed by atoms with van der Waals surface area (Å²) in [4.78, 5) is 16.3. The molecular formula is C16H8F3NO. The molecule has 0 saturated carbocycles. The van der Waals surface area contributed by atoms with Crippen LogP contribution in [0.15, 0.2) is 48.8 Å². The highest BCUT2D eigenvalue weighted by molar-refractivity contribution is 6.16. The van der Waals surface area contributed by atoms with Crippen LogP contribution in [0.5, 0.6) is 0 Å². The molecule has 0 spiro atoms. The van der Waals surface area contributed by atoms with E-state index in [1.807, 2.05) is 0 Å². The predicted octanol–water partition coefficient (Wildman–Crippen LogP) is 3.88. The standard InChI is InChI=1S/C16H8F3NO/c17-13-6-10(7-14(18)15(13)19)16(21)12-3-1-2-9-8-20-5-4-11(9)12/h1-8H. The molecule has 0 aliphatic carbocycles. The van der Waals surface area contributed by atoms with E-state index in [-0.39, 0.29) is 11.1 Å². The lowest BCUT2D eigenvalue weighted by Crippen LogP contribution is -2.05. The fraction of sp³-hybridized carbons (Fsp3) is 0. The first-order chi connectivity index (χ1) is 10.1. The van der Waals surface area contributed by atoms with E-state index in [0.29, 0.717) is 17.5 Å². The number of pyridine rings is 1. The Kier molecular flexibility index (Phi) is 3.17. The number of ketones is 1. The summed E-state index contributed by atoms with van der Waals surface area (Å²) in [6, 6.07) is 7.99. The van der Waals surface area contributed by atoms with Gasteiger partial charge in [-0.25, -0.2) is 13.2 Å². The minimum Gasteiger partial charge on any atom is -0.289 e. The lowest BCUT2D eigenvalue weighted by Gasteiger charge is -2.06. The predicted molar refractivity (Wildman–Crippen MR) is 71.5 cm³/mol. The molecular weight excluding hydrogens is 279 g/mol. The number of aromatic nitrogens is 1. The third-order valence-electron chi connectivity index (χ3n) is 3.17. The summed E-state index contributed by atoms with van der Waals surface area (Å²) < 4.78 is 39.5. The Morgan fingerprint density at radius 1 is 1.00 bits per heavy atom. The molecule has 0 aliphatic heterocycles. The summed E-state index contributed by atoms with van der Waals surface area (Å²) in [6.45, 7) is 0. The average molecular weight is 287 g/mol. The number of hydrogen-bond donors (Lipinski definition) is 0. The van der Waals surface area contributed by atoms with Crippen LogP contribution in [0.1, 0.15) is 15.9 Å². The van der Waals surface area contributed by atoms with Gasteiger partial charge in [-0.05, 0) is 23.6 Å². The molecule has 0 bridgehead atoms. The maximum atomic E-state index is 13.3. The van der Waals surface area contributed by atoms with E-state index >= 15 is 0 Å². The van der Waals surface area contributed by atoms with Crippen LogP contribution in [0, 0.1) is 17.5 Å². The topological polar surface area (TPSA) is 30.0 Å². The molecule has 0 unspecified atom stereocenters. The molecule has 3 rings (SSSR count). The van der Waals surface area contributed by atoms with Crippen molar-refractivity contribution in [1.29, 1.82) is 0 Å². The molecule has 0 N–H and O–H groups in total. The van der Waals surface area contributed by atoms with Gasteiger partial charge in [0.2, 0.25) is 0 Å². The Hall–Kier alpha value is -2.69. The highest BCUT2D eigenvalue weighted by Gasteiger charge is 2.17. The summed E-state index contributed by atoms with van der Waals surface area (Å²) in [6.07, 6.45) is 3.10. The average Bonchev–Trinajstić information content (AvgIpc) is 2.51. The molecule has 2 aromatic carbocycles. The lowest BCUT2D eigenvalue weighted by molar-refractivity contribution is 0.103. The van der Waals surface area contributed by atoms with Crippen LogP contribution >= 0.6 is 0 Å². The number of benzene rings is 2. The van der Waals surface area contributed by atoms with Crippen LogP contribution in [0.25, 0.3) is 10.8 Å². The number of carbonyl (C=O) groups excluding carboxylic acids is 1. The van der Waals surface area contributed by atoms with Crippen molar-refractivity contribution in [2.24, 2.45) is 0 Å². The van der Waals surface area contributed by atoms with Crippen molar-refractivity contribution >= 4 is 16.6 Å². The Morgan fingerprint density at radius 3 is 2.43 bits per heavy atom. The second kappa shape index (κ2) is 5.01. The van der Waals surface area contributed by atoms with Crippen LogP contribution in [0.2, 0.25) is 0 Å². The van der Waals surface area contributed by atoms with Gasteiger partial charge in [0.05, 0.1) is 0 Å². The van der Waals surface area contributed by atoms with Gasteiger partial charge in [-0.3, -0.25) is 9.78 Å². The van der Waals surface area contributed by atoms with E-state index in [0.717, 1.165) is 5.39 Å². The largest absolute Gasteiger partial charge is 0.289 e. The number of hydrogen-bond acceptors (Lipinski definition) is 2. The highest BCUT2D eigenvalue weighted by Crippen LogP contribution is 2.22. The van der Waals surface area contributed by atoms with Crippen molar-refractivity contribution in [2.45, 2.75) is 0 Å². The van der Waals surface area contributed by atoms with Gasteiger partial charge in [-0.2, -0.15) is 0 Å². The first-order valence-corrected chi connectivity index (χ1v) is 6.10. The highest BCUT2D eigenvalue weighted by atomic mass is 19.2. The maximum absolute atomic E-state index is 13.3. The normalized spacial score (nSPS) is 10.8. The number of carbonyl (C=O) groups is 1. The van der Waals surface area contributed by atoms with Crippen molar-refractivity contribution in [3.8, 4) is 0 Å². The minimum absolute atomic E-state index is 0.240. The van der Waals surface area contributed by atoms with Gasteiger partial charge in [-0.1, -0.05) is 18.2 Å². The molecule has 0 saturated heterocycles. The summed E-state index contributed by atoms with van der Waals surface area (Å²) in [5.74, 6) is -4.95. The zero-order chi connectivity index (χ0) is 15.0. The van der Waals surface area contributed by atoms with Crippen molar-refractivity contribution in [3.63, 3.8) is 0 Å². The van der Waals surface area contributed by atoms with Crippen molar-refractivity contribution < 1.29 is 18.0 Å². The quantitative estimate of drug-likeness (QED) is 0.529. The zero-order valence-corrected chi connectivity index (χ0v) is 10.6. The van der Waals surface area contributed by atoms with Crippen LogP contribution in [0.4, 0.5) is 13.2 Å². The Balaban J connectivity index is 2.17. The summed E-state index contributed by atoms with van der Waals surface area (Å²) in [5.41, 5.74) is 0.0380. The Labute approximate surface area is 117 Å². The molecule has 0 radical (unpaired) electrons. The number of nitrogens with zero attached hydrogens (tertiary/aromatic N) is 1. The van der Waals surface area contributed by atoms with Crippen LogP contribution < -0.4 is 0 Å². The van der Waals surface area contributed by atoms with Gasteiger partial charge >= 0.3 is 0 Å². The van der Waals surface area contributed by atoms with Crippen molar-refractivity contribution in [3.05, 3.63) is 77.4 Å². The molecule has 0 aliphatic rings. The minimum atomic E-state index is -1.59. The number of rotatable bonds is 2.